The number of halogens is 2. The van der Waals surface area contributed by atoms with Gasteiger partial charge in [-0.1, -0.05) is 35.3 Å². The number of sulfonamides is 1. The SMILES string of the molecule is O=C(CCNC(=O)c1ccc(S(=O)(=O)Nc2ccccc2Oc2ccc(Cl)cc2Cl)cc1)CCC1CCNCC1. The van der Waals surface area contributed by atoms with Crippen molar-refractivity contribution < 1.29 is 22.7 Å². The zero-order valence-corrected chi connectivity index (χ0v) is 24.1. The molecule has 1 fully saturated rings. The molecule has 1 aliphatic rings. The van der Waals surface area contributed by atoms with Gasteiger partial charge in [-0.15, -0.1) is 0 Å². The normalized spacial score (nSPS) is 13.9. The van der Waals surface area contributed by atoms with E-state index < -0.39 is 10.0 Å². The van der Waals surface area contributed by atoms with E-state index >= 15 is 0 Å². The number of rotatable bonds is 12. The van der Waals surface area contributed by atoms with Gasteiger partial charge in [-0.3, -0.25) is 14.3 Å². The topological polar surface area (TPSA) is 114 Å². The van der Waals surface area contributed by atoms with Gasteiger partial charge in [0.25, 0.3) is 15.9 Å². The van der Waals surface area contributed by atoms with Crippen molar-refractivity contribution in [1.29, 1.82) is 0 Å². The second kappa shape index (κ2) is 14.0. The van der Waals surface area contributed by atoms with E-state index in [0.717, 1.165) is 32.4 Å². The van der Waals surface area contributed by atoms with Gasteiger partial charge in [0.15, 0.2) is 5.75 Å². The lowest BCUT2D eigenvalue weighted by molar-refractivity contribution is -0.119. The van der Waals surface area contributed by atoms with Gasteiger partial charge in [0.1, 0.15) is 11.5 Å². The fourth-order valence-electron chi connectivity index (χ4n) is 4.38. The van der Waals surface area contributed by atoms with Crippen molar-refractivity contribution in [3.63, 3.8) is 0 Å². The number of amides is 1. The maximum atomic E-state index is 13.1. The standard InChI is InChI=1S/C29H31Cl2N3O5S/c30-22-8-12-27(25(31)19-22)39-28-4-2-1-3-26(28)34-40(37,38)24-10-6-21(7-11-24)29(36)33-18-15-23(35)9-5-20-13-16-32-17-14-20/h1-4,6-8,10-12,19-20,32,34H,5,9,13-18H2,(H,33,36). The Balaban J connectivity index is 1.31. The highest BCUT2D eigenvalue weighted by Gasteiger charge is 2.19. The number of ketones is 1. The van der Waals surface area contributed by atoms with E-state index in [1.165, 1.54) is 30.3 Å². The Morgan fingerprint density at radius 2 is 1.65 bits per heavy atom. The number of ether oxygens (including phenoxy) is 1. The summed E-state index contributed by atoms with van der Waals surface area (Å²) in [5.41, 5.74) is 0.502. The van der Waals surface area contributed by atoms with E-state index in [-0.39, 0.29) is 46.0 Å². The lowest BCUT2D eigenvalue weighted by atomic mass is 9.92. The quantitative estimate of drug-likeness (QED) is 0.232. The third-order valence-corrected chi connectivity index (χ3v) is 8.56. The lowest BCUT2D eigenvalue weighted by Crippen LogP contribution is -2.28. The summed E-state index contributed by atoms with van der Waals surface area (Å²) < 4.78 is 34.5. The van der Waals surface area contributed by atoms with Gasteiger partial charge in [0.2, 0.25) is 0 Å². The monoisotopic (exact) mass is 603 g/mol. The van der Waals surface area contributed by atoms with Crippen LogP contribution >= 0.6 is 23.2 Å². The van der Waals surface area contributed by atoms with E-state index in [1.54, 1.807) is 36.4 Å². The molecule has 0 radical (unpaired) electrons. The average Bonchev–Trinajstić information content (AvgIpc) is 2.95. The third-order valence-electron chi connectivity index (χ3n) is 6.65. The molecule has 3 aromatic rings. The molecule has 4 rings (SSSR count). The molecular formula is C29H31Cl2N3O5S. The first kappa shape index (κ1) is 29.9. The van der Waals surface area contributed by atoms with Crippen molar-refractivity contribution in [2.24, 2.45) is 5.92 Å². The first-order valence-corrected chi connectivity index (χ1v) is 15.3. The molecule has 0 saturated carbocycles. The van der Waals surface area contributed by atoms with Gasteiger partial charge >= 0.3 is 0 Å². The molecule has 11 heteroatoms. The van der Waals surface area contributed by atoms with Crippen molar-refractivity contribution in [2.75, 3.05) is 24.4 Å². The van der Waals surface area contributed by atoms with Crippen LogP contribution < -0.4 is 20.1 Å². The molecular weight excluding hydrogens is 573 g/mol. The highest BCUT2D eigenvalue weighted by molar-refractivity contribution is 7.92. The zero-order valence-electron chi connectivity index (χ0n) is 21.8. The highest BCUT2D eigenvalue weighted by Crippen LogP contribution is 2.35. The number of carbonyl (C=O) groups excluding carboxylic acids is 2. The molecule has 1 aliphatic heterocycles. The number of nitrogens with one attached hydrogen (secondary N) is 3. The van der Waals surface area contributed by atoms with Crippen molar-refractivity contribution in [2.45, 2.75) is 37.0 Å². The molecule has 0 aromatic heterocycles. The Morgan fingerprint density at radius 3 is 2.38 bits per heavy atom. The second-order valence-corrected chi connectivity index (χ2v) is 12.1. The predicted octanol–water partition coefficient (Wildman–Crippen LogP) is 6.06. The fourth-order valence-corrected chi connectivity index (χ4v) is 5.90. The minimum atomic E-state index is -4.00. The van der Waals surface area contributed by atoms with Crippen molar-refractivity contribution in [3.05, 3.63) is 82.3 Å². The lowest BCUT2D eigenvalue weighted by Gasteiger charge is -2.22. The summed E-state index contributed by atoms with van der Waals surface area (Å²) in [5, 5.41) is 6.78. The number of carbonyl (C=O) groups is 2. The summed E-state index contributed by atoms with van der Waals surface area (Å²) in [6.45, 7) is 2.25. The van der Waals surface area contributed by atoms with Crippen LogP contribution in [0.1, 0.15) is 42.5 Å². The summed E-state index contributed by atoms with van der Waals surface area (Å²) in [7, 11) is -4.00. The maximum Gasteiger partial charge on any atom is 0.262 e. The molecule has 0 atom stereocenters. The van der Waals surface area contributed by atoms with Gasteiger partial charge in [0, 0.05) is 30.0 Å². The minimum Gasteiger partial charge on any atom is -0.454 e. The van der Waals surface area contributed by atoms with Crippen molar-refractivity contribution in [1.82, 2.24) is 10.6 Å². The summed E-state index contributed by atoms with van der Waals surface area (Å²) in [6, 6.07) is 16.8. The Labute approximate surface area is 244 Å². The molecule has 1 saturated heterocycles. The van der Waals surface area contributed by atoms with Crippen LogP contribution in [0.3, 0.4) is 0 Å². The maximum absolute atomic E-state index is 13.1. The summed E-state index contributed by atoms with van der Waals surface area (Å²) in [6.07, 6.45) is 3.90. The Hall–Kier alpha value is -3.11. The molecule has 0 unspecified atom stereocenters. The third kappa shape index (κ3) is 8.44. The van der Waals surface area contributed by atoms with Crippen LogP contribution in [0.2, 0.25) is 10.0 Å². The van der Waals surface area contributed by atoms with Crippen LogP contribution in [-0.2, 0) is 14.8 Å². The molecule has 212 valence electrons. The van der Waals surface area contributed by atoms with E-state index in [0.29, 0.717) is 28.7 Å². The molecule has 0 bridgehead atoms. The number of hydrogen-bond acceptors (Lipinski definition) is 6. The van der Waals surface area contributed by atoms with Crippen LogP contribution in [0, 0.1) is 5.92 Å². The molecule has 0 spiro atoms. The number of para-hydroxylation sites is 2. The average molecular weight is 605 g/mol. The molecule has 40 heavy (non-hydrogen) atoms. The molecule has 0 aliphatic carbocycles. The largest absolute Gasteiger partial charge is 0.454 e. The van der Waals surface area contributed by atoms with Gasteiger partial charge in [-0.25, -0.2) is 8.42 Å². The van der Waals surface area contributed by atoms with E-state index in [9.17, 15) is 18.0 Å². The van der Waals surface area contributed by atoms with Crippen LogP contribution in [0.25, 0.3) is 0 Å². The minimum absolute atomic E-state index is 0.0310. The fraction of sp³-hybridized carbons (Fsp3) is 0.310. The van der Waals surface area contributed by atoms with Crippen LogP contribution in [-0.4, -0.2) is 39.7 Å². The smallest absolute Gasteiger partial charge is 0.262 e. The molecule has 8 nitrogen and oxygen atoms in total. The zero-order chi connectivity index (χ0) is 28.5. The highest BCUT2D eigenvalue weighted by atomic mass is 35.5. The van der Waals surface area contributed by atoms with Crippen LogP contribution in [0.15, 0.2) is 71.6 Å². The number of hydrogen-bond donors (Lipinski definition) is 3. The first-order valence-electron chi connectivity index (χ1n) is 13.1. The summed E-state index contributed by atoms with van der Waals surface area (Å²) in [5.74, 6) is 0.913. The number of anilines is 1. The number of Topliss-reactive ketones (excluding diaryl/α,β-unsaturated/α-hetero) is 1. The van der Waals surface area contributed by atoms with Crippen molar-refractivity contribution in [3.8, 4) is 11.5 Å². The number of benzene rings is 3. The van der Waals surface area contributed by atoms with Gasteiger partial charge in [0.05, 0.1) is 15.6 Å². The van der Waals surface area contributed by atoms with Crippen LogP contribution in [0.4, 0.5) is 5.69 Å². The molecule has 3 aromatic carbocycles. The molecule has 1 amide bonds. The van der Waals surface area contributed by atoms with E-state index in [2.05, 4.69) is 15.4 Å². The predicted molar refractivity (Wildman–Crippen MR) is 157 cm³/mol. The molecule has 3 N–H and O–H groups in total. The van der Waals surface area contributed by atoms with Crippen LogP contribution in [0.5, 0.6) is 11.5 Å². The number of piperidine rings is 1. The Kier molecular flexibility index (Phi) is 10.4. The van der Waals surface area contributed by atoms with Gasteiger partial charge in [-0.2, -0.15) is 0 Å². The van der Waals surface area contributed by atoms with Crippen molar-refractivity contribution >= 4 is 50.6 Å². The second-order valence-electron chi connectivity index (χ2n) is 9.58. The Bertz CT molecular complexity index is 1440. The van der Waals surface area contributed by atoms with E-state index in [1.807, 2.05) is 0 Å². The van der Waals surface area contributed by atoms with Gasteiger partial charge in [-0.05, 0) is 92.9 Å². The summed E-state index contributed by atoms with van der Waals surface area (Å²) >= 11 is 12.1. The summed E-state index contributed by atoms with van der Waals surface area (Å²) in [4.78, 5) is 24.7. The first-order chi connectivity index (χ1) is 19.2. The van der Waals surface area contributed by atoms with E-state index in [4.69, 9.17) is 27.9 Å². The molecule has 1 heterocycles. The Morgan fingerprint density at radius 1 is 0.925 bits per heavy atom. The van der Waals surface area contributed by atoms with Gasteiger partial charge < -0.3 is 15.4 Å².